The lowest BCUT2D eigenvalue weighted by Gasteiger charge is -2.36. The van der Waals surface area contributed by atoms with Gasteiger partial charge in [0.25, 0.3) is 0 Å². The number of esters is 1. The van der Waals surface area contributed by atoms with Gasteiger partial charge in [-0.05, 0) is 49.9 Å². The minimum atomic E-state index is -1.61. The molecule has 174 valence electrons. The summed E-state index contributed by atoms with van der Waals surface area (Å²) in [6.45, 7) is 4.34. The molecule has 0 unspecified atom stereocenters. The first kappa shape index (κ1) is 23.9. The van der Waals surface area contributed by atoms with E-state index in [0.717, 1.165) is 6.42 Å². The number of rotatable bonds is 4. The summed E-state index contributed by atoms with van der Waals surface area (Å²) in [7, 11) is 0. The Labute approximate surface area is 202 Å². The van der Waals surface area contributed by atoms with Crippen molar-refractivity contribution >= 4 is 40.8 Å². The van der Waals surface area contributed by atoms with Gasteiger partial charge in [-0.25, -0.2) is 13.6 Å². The summed E-state index contributed by atoms with van der Waals surface area (Å²) in [5.41, 5.74) is -1.09. The van der Waals surface area contributed by atoms with Crippen LogP contribution in [0.25, 0.3) is 11.3 Å². The van der Waals surface area contributed by atoms with Crippen LogP contribution < -0.4 is 4.74 Å². The van der Waals surface area contributed by atoms with Crippen LogP contribution in [0.1, 0.15) is 53.4 Å². The van der Waals surface area contributed by atoms with Crippen molar-refractivity contribution in [3.8, 4) is 17.0 Å². The van der Waals surface area contributed by atoms with Crippen LogP contribution in [0.3, 0.4) is 0 Å². The van der Waals surface area contributed by atoms with Gasteiger partial charge in [0, 0.05) is 16.0 Å². The Hall–Kier alpha value is -2.22. The third-order valence-electron chi connectivity index (χ3n) is 6.15. The first-order valence-electron chi connectivity index (χ1n) is 9.97. The van der Waals surface area contributed by atoms with Gasteiger partial charge in [-0.1, -0.05) is 53.3 Å². The highest BCUT2D eigenvalue weighted by atomic mass is 35.5. The molecule has 0 aliphatic heterocycles. The van der Waals surface area contributed by atoms with Crippen LogP contribution in [0.15, 0.2) is 16.7 Å². The van der Waals surface area contributed by atoms with Crippen molar-refractivity contribution in [2.45, 2.75) is 45.4 Å². The summed E-state index contributed by atoms with van der Waals surface area (Å²) in [5, 5.41) is 4.40. The van der Waals surface area contributed by atoms with Crippen LogP contribution in [0, 0.1) is 31.3 Å². The van der Waals surface area contributed by atoms with E-state index < -0.39 is 34.6 Å². The Kier molecular flexibility index (Phi) is 6.18. The van der Waals surface area contributed by atoms with Gasteiger partial charge in [-0.3, -0.25) is 0 Å². The maximum Gasteiger partial charge on any atom is 0.349 e. The van der Waals surface area contributed by atoms with Gasteiger partial charge in [0.1, 0.15) is 11.3 Å². The number of carbonyl (C=O) groups excluding carboxylic acids is 1. The van der Waals surface area contributed by atoms with E-state index >= 15 is 0 Å². The zero-order valence-electron chi connectivity index (χ0n) is 17.7. The molecule has 4 nitrogen and oxygen atoms in total. The molecule has 33 heavy (non-hydrogen) atoms. The summed E-state index contributed by atoms with van der Waals surface area (Å²) < 4.78 is 54.1. The smallest absolute Gasteiger partial charge is 0.349 e. The average Bonchev–Trinajstić information content (AvgIpc) is 3.16. The van der Waals surface area contributed by atoms with Gasteiger partial charge in [-0.2, -0.15) is 4.39 Å². The molecule has 0 amide bonds. The molecule has 1 fully saturated rings. The number of hydrogen-bond donors (Lipinski definition) is 0. The van der Waals surface area contributed by atoms with E-state index in [4.69, 9.17) is 44.1 Å². The number of nitrogens with zero attached hydrogens (tertiary/aromatic N) is 1. The topological polar surface area (TPSA) is 52.3 Å². The second kappa shape index (κ2) is 8.53. The molecule has 0 bridgehead atoms. The summed E-state index contributed by atoms with van der Waals surface area (Å²) >= 11 is 18.6. The average molecular weight is 519 g/mol. The van der Waals surface area contributed by atoms with Crippen LogP contribution in [-0.4, -0.2) is 11.1 Å². The van der Waals surface area contributed by atoms with Gasteiger partial charge >= 0.3 is 5.97 Å². The quantitative estimate of drug-likeness (QED) is 0.199. The van der Waals surface area contributed by atoms with Crippen LogP contribution in [0.4, 0.5) is 13.2 Å². The van der Waals surface area contributed by atoms with Crippen LogP contribution in [-0.2, 0) is 5.41 Å². The zero-order valence-corrected chi connectivity index (χ0v) is 20.0. The van der Waals surface area contributed by atoms with E-state index in [1.165, 1.54) is 26.0 Å². The Balaban J connectivity index is 1.89. The number of hydrogen-bond acceptors (Lipinski definition) is 4. The van der Waals surface area contributed by atoms with Gasteiger partial charge in [-0.15, -0.1) is 0 Å². The van der Waals surface area contributed by atoms with Crippen molar-refractivity contribution in [3.63, 3.8) is 0 Å². The van der Waals surface area contributed by atoms with Crippen molar-refractivity contribution in [2.24, 2.45) is 0 Å². The first-order chi connectivity index (χ1) is 15.5. The second-order valence-corrected chi connectivity index (χ2v) is 9.56. The van der Waals surface area contributed by atoms with Gasteiger partial charge in [0.2, 0.25) is 11.6 Å². The molecule has 0 spiro atoms. The molecule has 1 heterocycles. The maximum absolute atomic E-state index is 14.7. The molecule has 10 heteroatoms. The lowest BCUT2D eigenvalue weighted by molar-refractivity contribution is 0.0710. The predicted octanol–water partition coefficient (Wildman–Crippen LogP) is 8.00. The largest absolute Gasteiger partial charge is 0.416 e. The summed E-state index contributed by atoms with van der Waals surface area (Å²) in [6, 6.07) is 2.80. The molecule has 1 saturated carbocycles. The third-order valence-corrected chi connectivity index (χ3v) is 6.97. The number of halogens is 6. The van der Waals surface area contributed by atoms with Gasteiger partial charge in [0.15, 0.2) is 17.4 Å². The first-order valence-corrected chi connectivity index (χ1v) is 11.1. The van der Waals surface area contributed by atoms with E-state index in [1.807, 2.05) is 6.92 Å². The molecule has 1 aliphatic rings. The SMILES string of the molecule is Cc1c(C)c(F)c(OC(=O)c2c(-c3c(Cl)cc(Cl)cc3Cl)noc2C2(C)CCC2)c(F)c1F. The summed E-state index contributed by atoms with van der Waals surface area (Å²) in [4.78, 5) is 13.3. The van der Waals surface area contributed by atoms with Crippen molar-refractivity contribution < 1.29 is 27.2 Å². The summed E-state index contributed by atoms with van der Waals surface area (Å²) in [5.74, 6) is -6.27. The number of aromatic nitrogens is 1. The highest BCUT2D eigenvalue weighted by Gasteiger charge is 2.43. The number of benzene rings is 2. The minimum absolute atomic E-state index is 0.0695. The molecular formula is C23H17Cl3F3NO3. The molecule has 4 rings (SSSR count). The molecule has 0 atom stereocenters. The standard InChI is InChI=1S/C23H17Cl3F3NO3/c1-9-10(2)17(28)20(18(29)16(9)27)32-22(31)15-19(14-12(25)7-11(24)8-13(14)26)30-33-21(15)23(3)5-4-6-23/h7-8H,4-6H2,1-3H3. The Bertz CT molecular complexity index is 1250. The molecule has 1 aromatic heterocycles. The lowest BCUT2D eigenvalue weighted by Crippen LogP contribution is -2.32. The minimum Gasteiger partial charge on any atom is -0.416 e. The van der Waals surface area contributed by atoms with E-state index in [-0.39, 0.29) is 48.8 Å². The van der Waals surface area contributed by atoms with Crippen molar-refractivity contribution in [1.82, 2.24) is 5.16 Å². The Morgan fingerprint density at radius 3 is 2.15 bits per heavy atom. The van der Waals surface area contributed by atoms with E-state index in [1.54, 1.807) is 0 Å². The van der Waals surface area contributed by atoms with Gasteiger partial charge in [0.05, 0.1) is 10.0 Å². The van der Waals surface area contributed by atoms with Crippen LogP contribution >= 0.6 is 34.8 Å². The summed E-state index contributed by atoms with van der Waals surface area (Å²) in [6.07, 6.45) is 2.26. The normalized spacial score (nSPS) is 14.8. The molecule has 0 saturated heterocycles. The van der Waals surface area contributed by atoms with Gasteiger partial charge < -0.3 is 9.26 Å². The molecule has 3 aromatic rings. The van der Waals surface area contributed by atoms with Crippen molar-refractivity contribution in [2.75, 3.05) is 0 Å². The molecule has 1 aliphatic carbocycles. The number of carbonyl (C=O) groups is 1. The fourth-order valence-corrected chi connectivity index (χ4v) is 4.85. The molecule has 2 aromatic carbocycles. The third kappa shape index (κ3) is 3.90. The lowest BCUT2D eigenvalue weighted by atomic mass is 9.67. The van der Waals surface area contributed by atoms with E-state index in [0.29, 0.717) is 12.8 Å². The molecule has 0 radical (unpaired) electrons. The Morgan fingerprint density at radius 1 is 1.03 bits per heavy atom. The van der Waals surface area contributed by atoms with Crippen molar-refractivity contribution in [1.29, 1.82) is 0 Å². The van der Waals surface area contributed by atoms with E-state index in [2.05, 4.69) is 5.16 Å². The second-order valence-electron chi connectivity index (χ2n) is 8.30. The molecule has 0 N–H and O–H groups in total. The predicted molar refractivity (Wildman–Crippen MR) is 119 cm³/mol. The van der Waals surface area contributed by atoms with Crippen molar-refractivity contribution in [3.05, 3.63) is 67.1 Å². The maximum atomic E-state index is 14.7. The van der Waals surface area contributed by atoms with Crippen LogP contribution in [0.2, 0.25) is 15.1 Å². The van der Waals surface area contributed by atoms with E-state index in [9.17, 15) is 18.0 Å². The molecular weight excluding hydrogens is 502 g/mol. The monoisotopic (exact) mass is 517 g/mol. The fourth-order valence-electron chi connectivity index (χ4n) is 3.86. The fraction of sp³-hybridized carbons (Fsp3) is 0.304. The number of ether oxygens (including phenoxy) is 1. The zero-order chi connectivity index (χ0) is 24.2. The highest BCUT2D eigenvalue weighted by Crippen LogP contribution is 2.48. The Morgan fingerprint density at radius 2 is 1.61 bits per heavy atom. The highest BCUT2D eigenvalue weighted by molar-refractivity contribution is 6.42. The van der Waals surface area contributed by atoms with Crippen LogP contribution in [0.5, 0.6) is 5.75 Å².